The normalized spacial score (nSPS) is 22.1. The maximum absolute atomic E-state index is 13.6. The molecule has 0 amide bonds. The van der Waals surface area contributed by atoms with Gasteiger partial charge < -0.3 is 4.74 Å². The Morgan fingerprint density at radius 1 is 1.18 bits per heavy atom. The highest BCUT2D eigenvalue weighted by Gasteiger charge is 2.63. The molecule has 2 rings (SSSR count). The molecule has 3 nitrogen and oxygen atoms in total. The van der Waals surface area contributed by atoms with E-state index in [1.165, 1.54) is 0 Å². The molecule has 0 heterocycles. The van der Waals surface area contributed by atoms with Crippen molar-refractivity contribution < 1.29 is 27.1 Å². The minimum absolute atomic E-state index is 0.554. The Labute approximate surface area is 124 Å². The zero-order valence-electron chi connectivity index (χ0n) is 12.1. The second-order valence-corrected chi connectivity index (χ2v) is 5.87. The lowest BCUT2D eigenvalue weighted by Crippen LogP contribution is -2.14. The van der Waals surface area contributed by atoms with Gasteiger partial charge in [0.15, 0.2) is 23.3 Å². The molecule has 0 saturated heterocycles. The van der Waals surface area contributed by atoms with Crippen molar-refractivity contribution in [3.8, 4) is 6.07 Å². The number of carbonyl (C=O) groups is 1. The lowest BCUT2D eigenvalue weighted by atomic mass is 10.1. The Bertz CT molecular complexity index is 665. The average Bonchev–Trinajstić information content (AvgIpc) is 3.04. The molecular weight excluding hydrogens is 302 g/mol. The maximum atomic E-state index is 13.6. The van der Waals surface area contributed by atoms with Crippen LogP contribution in [0.2, 0.25) is 0 Å². The van der Waals surface area contributed by atoms with E-state index >= 15 is 0 Å². The molecule has 0 bridgehead atoms. The zero-order chi connectivity index (χ0) is 16.8. The third-order valence-electron chi connectivity index (χ3n) is 4.15. The van der Waals surface area contributed by atoms with Gasteiger partial charge >= 0.3 is 5.97 Å². The summed E-state index contributed by atoms with van der Waals surface area (Å²) in [6.45, 7) is 3.32. The van der Waals surface area contributed by atoms with Crippen LogP contribution in [-0.4, -0.2) is 5.97 Å². The first-order valence-corrected chi connectivity index (χ1v) is 6.52. The number of ether oxygens (including phenoxy) is 1. The Kier molecular flexibility index (Phi) is 3.90. The summed E-state index contributed by atoms with van der Waals surface area (Å²) in [6, 6.07) is 1.94. The molecule has 0 unspecified atom stereocenters. The van der Waals surface area contributed by atoms with Crippen LogP contribution in [0, 0.1) is 58.8 Å². The van der Waals surface area contributed by atoms with Gasteiger partial charge in [0, 0.05) is 5.56 Å². The number of halogens is 4. The molecular formula is C15H13F4NO2. The summed E-state index contributed by atoms with van der Waals surface area (Å²) in [5, 5.41) is 8.86. The lowest BCUT2D eigenvalue weighted by Gasteiger charge is -2.10. The van der Waals surface area contributed by atoms with Crippen LogP contribution in [0.5, 0.6) is 0 Å². The van der Waals surface area contributed by atoms with Crippen molar-refractivity contribution in [2.45, 2.75) is 27.4 Å². The summed E-state index contributed by atoms with van der Waals surface area (Å²) >= 11 is 0. The van der Waals surface area contributed by atoms with Crippen LogP contribution in [0.25, 0.3) is 0 Å². The van der Waals surface area contributed by atoms with Crippen LogP contribution in [-0.2, 0) is 16.1 Å². The number of esters is 1. The fourth-order valence-electron chi connectivity index (χ4n) is 2.47. The molecule has 1 aliphatic carbocycles. The van der Waals surface area contributed by atoms with Gasteiger partial charge in [-0.25, -0.2) is 17.6 Å². The average molecular weight is 315 g/mol. The maximum Gasteiger partial charge on any atom is 0.311 e. The number of benzene rings is 1. The summed E-state index contributed by atoms with van der Waals surface area (Å²) < 4.78 is 58.8. The van der Waals surface area contributed by atoms with Gasteiger partial charge in [0.2, 0.25) is 0 Å². The smallest absolute Gasteiger partial charge is 0.311 e. The van der Waals surface area contributed by atoms with Gasteiger partial charge in [0.1, 0.15) is 6.61 Å². The fourth-order valence-corrected chi connectivity index (χ4v) is 2.47. The number of hydrogen-bond acceptors (Lipinski definition) is 3. The number of hydrogen-bond donors (Lipinski definition) is 0. The number of rotatable bonds is 3. The molecule has 0 spiro atoms. The van der Waals surface area contributed by atoms with Crippen molar-refractivity contribution in [2.24, 2.45) is 17.3 Å². The topological polar surface area (TPSA) is 50.1 Å². The SMILES string of the molecule is Cc1c(F)c(F)c(COC(=O)[C@@H]2[C@H](C#N)C2(C)C)c(F)c1F. The molecule has 1 saturated carbocycles. The second kappa shape index (κ2) is 5.27. The third-order valence-corrected chi connectivity index (χ3v) is 4.15. The highest BCUT2D eigenvalue weighted by molar-refractivity contribution is 5.78. The largest absolute Gasteiger partial charge is 0.460 e. The quantitative estimate of drug-likeness (QED) is 0.488. The second-order valence-electron chi connectivity index (χ2n) is 5.87. The molecule has 1 aliphatic rings. The van der Waals surface area contributed by atoms with Crippen molar-refractivity contribution in [3.05, 3.63) is 34.4 Å². The van der Waals surface area contributed by atoms with Crippen molar-refractivity contribution in [2.75, 3.05) is 0 Å². The van der Waals surface area contributed by atoms with Crippen LogP contribution >= 0.6 is 0 Å². The fraction of sp³-hybridized carbons (Fsp3) is 0.467. The molecule has 0 N–H and O–H groups in total. The summed E-state index contributed by atoms with van der Waals surface area (Å²) in [4.78, 5) is 11.8. The highest BCUT2D eigenvalue weighted by atomic mass is 19.2. The van der Waals surface area contributed by atoms with E-state index in [0.717, 1.165) is 6.92 Å². The van der Waals surface area contributed by atoms with E-state index < -0.39 is 64.2 Å². The monoisotopic (exact) mass is 315 g/mol. The molecule has 0 aromatic heterocycles. The van der Waals surface area contributed by atoms with Crippen molar-refractivity contribution in [1.82, 2.24) is 0 Å². The minimum atomic E-state index is -1.59. The molecule has 2 atom stereocenters. The standard InChI is InChI=1S/C15H13F4NO2/c1-6-10(16)12(18)7(13(19)11(6)17)5-22-14(21)9-8(4-20)15(9,2)3/h8-9H,5H2,1-3H3/t8-,9-/m0/s1. The Balaban J connectivity index is 2.17. The molecule has 7 heteroatoms. The van der Waals surface area contributed by atoms with E-state index in [4.69, 9.17) is 10.00 Å². The first-order valence-electron chi connectivity index (χ1n) is 6.52. The zero-order valence-corrected chi connectivity index (χ0v) is 12.1. The van der Waals surface area contributed by atoms with Gasteiger partial charge in [-0.2, -0.15) is 5.26 Å². The molecule has 22 heavy (non-hydrogen) atoms. The van der Waals surface area contributed by atoms with E-state index in [9.17, 15) is 22.4 Å². The van der Waals surface area contributed by atoms with Crippen LogP contribution in [0.1, 0.15) is 25.0 Å². The van der Waals surface area contributed by atoms with Gasteiger partial charge in [0.05, 0.1) is 23.5 Å². The van der Waals surface area contributed by atoms with E-state index in [0.29, 0.717) is 0 Å². The van der Waals surface area contributed by atoms with Crippen LogP contribution < -0.4 is 0 Å². The van der Waals surface area contributed by atoms with E-state index in [1.54, 1.807) is 13.8 Å². The molecule has 0 radical (unpaired) electrons. The molecule has 1 fully saturated rings. The van der Waals surface area contributed by atoms with Crippen LogP contribution in [0.3, 0.4) is 0 Å². The Morgan fingerprint density at radius 2 is 1.68 bits per heavy atom. The number of nitrogens with zero attached hydrogens (tertiary/aromatic N) is 1. The Morgan fingerprint density at radius 3 is 2.09 bits per heavy atom. The van der Waals surface area contributed by atoms with E-state index in [2.05, 4.69) is 0 Å². The summed E-state index contributed by atoms with van der Waals surface area (Å²) in [6.07, 6.45) is 0. The molecule has 1 aromatic rings. The predicted octanol–water partition coefficient (Wildman–Crippen LogP) is 3.39. The highest BCUT2D eigenvalue weighted by Crippen LogP contribution is 2.58. The van der Waals surface area contributed by atoms with Gasteiger partial charge in [-0.15, -0.1) is 0 Å². The third kappa shape index (κ3) is 2.32. The molecule has 118 valence electrons. The summed E-state index contributed by atoms with van der Waals surface area (Å²) in [5.41, 5.74) is -2.36. The van der Waals surface area contributed by atoms with Gasteiger partial charge in [-0.05, 0) is 12.3 Å². The van der Waals surface area contributed by atoms with Crippen molar-refractivity contribution in [1.29, 1.82) is 5.26 Å². The first kappa shape index (κ1) is 16.3. The lowest BCUT2D eigenvalue weighted by molar-refractivity contribution is -0.147. The van der Waals surface area contributed by atoms with Crippen LogP contribution in [0.4, 0.5) is 17.6 Å². The summed E-state index contributed by atoms with van der Waals surface area (Å²) in [5.74, 6) is -8.31. The van der Waals surface area contributed by atoms with Crippen molar-refractivity contribution >= 4 is 5.97 Å². The molecule has 1 aromatic carbocycles. The van der Waals surface area contributed by atoms with E-state index in [1.807, 2.05) is 6.07 Å². The molecule has 0 aliphatic heterocycles. The minimum Gasteiger partial charge on any atom is -0.460 e. The van der Waals surface area contributed by atoms with Gasteiger partial charge in [-0.1, -0.05) is 13.8 Å². The predicted molar refractivity (Wildman–Crippen MR) is 67.2 cm³/mol. The van der Waals surface area contributed by atoms with E-state index in [-0.39, 0.29) is 0 Å². The number of carbonyl (C=O) groups excluding carboxylic acids is 1. The van der Waals surface area contributed by atoms with Crippen molar-refractivity contribution in [3.63, 3.8) is 0 Å². The summed E-state index contributed by atoms with van der Waals surface area (Å²) in [7, 11) is 0. The van der Waals surface area contributed by atoms with Crippen LogP contribution in [0.15, 0.2) is 0 Å². The van der Waals surface area contributed by atoms with Gasteiger partial charge in [-0.3, -0.25) is 4.79 Å². The first-order chi connectivity index (χ1) is 10.1. The van der Waals surface area contributed by atoms with Gasteiger partial charge in [0.25, 0.3) is 0 Å². The Hall–Kier alpha value is -2.10. The number of nitriles is 1.